The molecule has 1 atom stereocenters. The van der Waals surface area contributed by atoms with Gasteiger partial charge in [-0.1, -0.05) is 12.5 Å². The second-order valence-electron chi connectivity index (χ2n) is 8.32. The molecule has 0 aromatic carbocycles. The van der Waals surface area contributed by atoms with Crippen LogP contribution >= 0.6 is 0 Å². The molecule has 2 N–H and O–H groups in total. The van der Waals surface area contributed by atoms with Gasteiger partial charge in [0.2, 0.25) is 0 Å². The number of hydrogen-bond donors (Lipinski definition) is 2. The molecule has 2 aliphatic heterocycles. The first-order chi connectivity index (χ1) is 14.3. The Labute approximate surface area is 171 Å². The molecule has 7 nitrogen and oxygen atoms in total. The summed E-state index contributed by atoms with van der Waals surface area (Å²) in [7, 11) is 0. The highest BCUT2D eigenvalue weighted by molar-refractivity contribution is 5.96. The Kier molecular flexibility index (Phi) is 5.14. The zero-order chi connectivity index (χ0) is 19.6. The van der Waals surface area contributed by atoms with Crippen LogP contribution in [0.1, 0.15) is 71.5 Å². The molecular formula is C22H28N6O. The summed E-state index contributed by atoms with van der Waals surface area (Å²) in [6.45, 7) is 3.61. The largest absolute Gasteiger partial charge is 0.368 e. The van der Waals surface area contributed by atoms with Crippen molar-refractivity contribution in [1.29, 1.82) is 0 Å². The van der Waals surface area contributed by atoms with Crippen LogP contribution in [0.4, 0.5) is 5.82 Å². The van der Waals surface area contributed by atoms with Crippen molar-refractivity contribution in [3.63, 3.8) is 0 Å². The highest BCUT2D eigenvalue weighted by Crippen LogP contribution is 2.39. The molecule has 1 saturated heterocycles. The number of piperidine rings is 1. The Morgan fingerprint density at radius 2 is 2.07 bits per heavy atom. The van der Waals surface area contributed by atoms with Gasteiger partial charge < -0.3 is 10.6 Å². The summed E-state index contributed by atoms with van der Waals surface area (Å²) < 4.78 is 0. The van der Waals surface area contributed by atoms with Crippen molar-refractivity contribution >= 4 is 11.7 Å². The molecule has 0 radical (unpaired) electrons. The van der Waals surface area contributed by atoms with Crippen LogP contribution in [-0.2, 0) is 6.42 Å². The van der Waals surface area contributed by atoms with E-state index in [1.54, 1.807) is 0 Å². The summed E-state index contributed by atoms with van der Waals surface area (Å²) >= 11 is 0. The first-order valence-corrected chi connectivity index (χ1v) is 10.9. The van der Waals surface area contributed by atoms with E-state index in [4.69, 9.17) is 4.98 Å². The van der Waals surface area contributed by atoms with E-state index in [0.717, 1.165) is 56.1 Å². The van der Waals surface area contributed by atoms with Gasteiger partial charge >= 0.3 is 0 Å². The summed E-state index contributed by atoms with van der Waals surface area (Å²) in [6.07, 6.45) is 10.6. The Hall–Kier alpha value is -2.54. The van der Waals surface area contributed by atoms with E-state index in [0.29, 0.717) is 18.2 Å². The summed E-state index contributed by atoms with van der Waals surface area (Å²) in [5.41, 5.74) is 2.75. The maximum Gasteiger partial charge on any atom is 0.270 e. The Balaban J connectivity index is 1.43. The summed E-state index contributed by atoms with van der Waals surface area (Å²) in [6, 6.07) is 4.41. The Morgan fingerprint density at radius 3 is 2.83 bits per heavy atom. The number of amides is 1. The van der Waals surface area contributed by atoms with Gasteiger partial charge in [0.1, 0.15) is 17.3 Å². The first kappa shape index (κ1) is 18.5. The lowest BCUT2D eigenvalue weighted by Crippen LogP contribution is -2.38. The van der Waals surface area contributed by atoms with Crippen LogP contribution in [0.25, 0.3) is 0 Å². The second kappa shape index (κ2) is 8.06. The van der Waals surface area contributed by atoms with Gasteiger partial charge in [0.15, 0.2) is 0 Å². The lowest BCUT2D eigenvalue weighted by Gasteiger charge is -2.35. The molecule has 1 aliphatic carbocycles. The van der Waals surface area contributed by atoms with Gasteiger partial charge in [-0.05, 0) is 56.8 Å². The maximum absolute atomic E-state index is 12.4. The molecule has 4 heterocycles. The van der Waals surface area contributed by atoms with Gasteiger partial charge in [-0.25, -0.2) is 9.97 Å². The van der Waals surface area contributed by atoms with Crippen molar-refractivity contribution < 1.29 is 4.79 Å². The number of carbonyl (C=O) groups excluding carboxylic acids is 1. The van der Waals surface area contributed by atoms with Gasteiger partial charge in [0.25, 0.3) is 5.91 Å². The standard InChI is InChI=1S/C22H28N6O/c29-22-19-17(8-10-24-22)21(27-20(26-19)15-6-7-15)25-14-18(16-5-4-9-23-13-16)28-11-2-1-3-12-28/h4-5,9,13,15,18H,1-3,6-8,10-12,14H2,(H,24,29)(H,25,26,27). The molecule has 0 spiro atoms. The van der Waals surface area contributed by atoms with E-state index >= 15 is 0 Å². The lowest BCUT2D eigenvalue weighted by atomic mass is 10.0. The number of hydrogen-bond acceptors (Lipinski definition) is 6. The maximum atomic E-state index is 12.4. The SMILES string of the molecule is O=C1NCCc2c(NCC(c3cccnc3)N3CCCCC3)nc(C3CC3)nc21. The molecule has 3 aliphatic rings. The van der Waals surface area contributed by atoms with Crippen molar-refractivity contribution in [1.82, 2.24) is 25.2 Å². The number of fused-ring (bicyclic) bond motifs is 1. The molecule has 2 aromatic heterocycles. The molecule has 1 unspecified atom stereocenters. The third-order valence-electron chi connectivity index (χ3n) is 6.21. The highest BCUT2D eigenvalue weighted by Gasteiger charge is 2.31. The van der Waals surface area contributed by atoms with E-state index in [9.17, 15) is 4.79 Å². The predicted molar refractivity (Wildman–Crippen MR) is 111 cm³/mol. The van der Waals surface area contributed by atoms with Crippen molar-refractivity contribution in [3.05, 3.63) is 47.2 Å². The number of carbonyl (C=O) groups is 1. The predicted octanol–water partition coefficient (Wildman–Crippen LogP) is 2.67. The van der Waals surface area contributed by atoms with Crippen LogP contribution < -0.4 is 10.6 Å². The average molecular weight is 393 g/mol. The molecule has 7 heteroatoms. The quantitative estimate of drug-likeness (QED) is 0.786. The fourth-order valence-electron chi connectivity index (χ4n) is 4.44. The smallest absolute Gasteiger partial charge is 0.270 e. The minimum Gasteiger partial charge on any atom is -0.368 e. The van der Waals surface area contributed by atoms with E-state index < -0.39 is 0 Å². The number of nitrogens with one attached hydrogen (secondary N) is 2. The summed E-state index contributed by atoms with van der Waals surface area (Å²) in [5.74, 6) is 2.00. The third-order valence-corrected chi connectivity index (χ3v) is 6.21. The van der Waals surface area contributed by atoms with Crippen LogP contribution in [0.3, 0.4) is 0 Å². The fourth-order valence-corrected chi connectivity index (χ4v) is 4.44. The Morgan fingerprint density at radius 1 is 1.21 bits per heavy atom. The lowest BCUT2D eigenvalue weighted by molar-refractivity contribution is 0.0940. The second-order valence-corrected chi connectivity index (χ2v) is 8.32. The molecule has 1 amide bonds. The van der Waals surface area contributed by atoms with Crippen molar-refractivity contribution in [2.45, 2.75) is 50.5 Å². The fraction of sp³-hybridized carbons (Fsp3) is 0.545. The van der Waals surface area contributed by atoms with Gasteiger partial charge in [0, 0.05) is 37.0 Å². The van der Waals surface area contributed by atoms with Crippen molar-refractivity contribution in [3.8, 4) is 0 Å². The van der Waals surface area contributed by atoms with Gasteiger partial charge in [-0.2, -0.15) is 0 Å². The number of rotatable bonds is 6. The third kappa shape index (κ3) is 3.96. The first-order valence-electron chi connectivity index (χ1n) is 10.9. The normalized spacial score (nSPS) is 20.6. The minimum absolute atomic E-state index is 0.0709. The summed E-state index contributed by atoms with van der Waals surface area (Å²) in [4.78, 5) is 28.8. The van der Waals surface area contributed by atoms with Crippen LogP contribution in [0.15, 0.2) is 24.5 Å². The zero-order valence-electron chi connectivity index (χ0n) is 16.7. The number of nitrogens with zero attached hydrogens (tertiary/aromatic N) is 4. The van der Waals surface area contributed by atoms with Gasteiger partial charge in [-0.3, -0.25) is 14.7 Å². The van der Waals surface area contributed by atoms with Crippen molar-refractivity contribution in [2.75, 3.05) is 31.5 Å². The molecule has 2 aromatic rings. The minimum atomic E-state index is -0.0709. The number of aromatic nitrogens is 3. The van der Waals surface area contributed by atoms with Crippen LogP contribution in [-0.4, -0.2) is 51.9 Å². The van der Waals surface area contributed by atoms with Crippen LogP contribution in [0.5, 0.6) is 0 Å². The average Bonchev–Trinajstić information content (AvgIpc) is 3.61. The topological polar surface area (TPSA) is 83.0 Å². The zero-order valence-corrected chi connectivity index (χ0v) is 16.7. The van der Waals surface area contributed by atoms with Crippen molar-refractivity contribution in [2.24, 2.45) is 0 Å². The van der Waals surface area contributed by atoms with Gasteiger partial charge in [-0.15, -0.1) is 0 Å². The monoisotopic (exact) mass is 392 g/mol. The molecule has 1 saturated carbocycles. The van der Waals surface area contributed by atoms with E-state index in [-0.39, 0.29) is 11.9 Å². The Bertz CT molecular complexity index is 876. The van der Waals surface area contributed by atoms with Crippen LogP contribution in [0.2, 0.25) is 0 Å². The van der Waals surface area contributed by atoms with Crippen LogP contribution in [0, 0.1) is 0 Å². The number of pyridine rings is 1. The molecule has 5 rings (SSSR count). The van der Waals surface area contributed by atoms with E-state index in [2.05, 4.69) is 31.6 Å². The molecule has 2 fully saturated rings. The number of likely N-dealkylation sites (tertiary alicyclic amines) is 1. The molecular weight excluding hydrogens is 364 g/mol. The van der Waals surface area contributed by atoms with E-state index in [1.165, 1.54) is 24.8 Å². The molecule has 29 heavy (non-hydrogen) atoms. The molecule has 0 bridgehead atoms. The summed E-state index contributed by atoms with van der Waals surface area (Å²) in [5, 5.41) is 6.53. The highest BCUT2D eigenvalue weighted by atomic mass is 16.1. The number of anilines is 1. The van der Waals surface area contributed by atoms with E-state index in [1.807, 2.05) is 18.5 Å². The molecule has 152 valence electrons. The van der Waals surface area contributed by atoms with Gasteiger partial charge in [0.05, 0.1) is 6.04 Å².